The molecule has 2 heteroatoms. The van der Waals surface area contributed by atoms with Gasteiger partial charge in [-0.1, -0.05) is 19.4 Å². The quantitative estimate of drug-likeness (QED) is 0.830. The highest BCUT2D eigenvalue weighted by Crippen LogP contribution is 2.38. The van der Waals surface area contributed by atoms with Crippen molar-refractivity contribution in [3.63, 3.8) is 0 Å². The molecule has 94 valence electrons. The van der Waals surface area contributed by atoms with Crippen LogP contribution in [-0.4, -0.2) is 6.04 Å². The Morgan fingerprint density at radius 2 is 2.12 bits per heavy atom. The van der Waals surface area contributed by atoms with Crippen molar-refractivity contribution >= 4 is 0 Å². The lowest BCUT2D eigenvalue weighted by Crippen LogP contribution is -2.34. The molecule has 1 aliphatic carbocycles. The fourth-order valence-corrected chi connectivity index (χ4v) is 3.02. The van der Waals surface area contributed by atoms with Gasteiger partial charge in [0.15, 0.2) is 0 Å². The maximum absolute atomic E-state index is 13.4. The molecular formula is C15H22FN. The van der Waals surface area contributed by atoms with Gasteiger partial charge in [-0.15, -0.1) is 0 Å². The van der Waals surface area contributed by atoms with E-state index in [2.05, 4.69) is 13.8 Å². The molecule has 1 saturated carbocycles. The molecule has 0 heterocycles. The average molecular weight is 235 g/mol. The molecule has 0 bridgehead atoms. The second-order valence-electron chi connectivity index (χ2n) is 5.36. The molecule has 0 aliphatic heterocycles. The summed E-state index contributed by atoms with van der Waals surface area (Å²) < 4.78 is 13.4. The molecule has 1 fully saturated rings. The smallest absolute Gasteiger partial charge is 0.123 e. The molecule has 0 spiro atoms. The van der Waals surface area contributed by atoms with E-state index in [1.807, 2.05) is 6.07 Å². The molecule has 17 heavy (non-hydrogen) atoms. The Hall–Kier alpha value is -0.890. The normalized spacial score (nSPS) is 29.3. The first-order valence-electron chi connectivity index (χ1n) is 6.63. The number of halogens is 1. The molecule has 2 rings (SSSR count). The summed E-state index contributed by atoms with van der Waals surface area (Å²) in [5.41, 5.74) is 8.52. The van der Waals surface area contributed by atoms with Crippen LogP contribution in [0.3, 0.4) is 0 Å². The van der Waals surface area contributed by atoms with Gasteiger partial charge >= 0.3 is 0 Å². The predicted octanol–water partition coefficient (Wildman–Crippen LogP) is 3.76. The summed E-state index contributed by atoms with van der Waals surface area (Å²) in [6.45, 7) is 4.29. The summed E-state index contributed by atoms with van der Waals surface area (Å²) in [5.74, 6) is 0.947. The Bertz CT molecular complexity index is 389. The molecule has 0 saturated heterocycles. The molecule has 0 amide bonds. The number of benzene rings is 1. The molecule has 3 unspecified atom stereocenters. The van der Waals surface area contributed by atoms with E-state index in [-0.39, 0.29) is 11.9 Å². The van der Waals surface area contributed by atoms with Gasteiger partial charge in [-0.3, -0.25) is 0 Å². The van der Waals surface area contributed by atoms with Crippen molar-refractivity contribution in [1.29, 1.82) is 0 Å². The molecule has 3 atom stereocenters. The van der Waals surface area contributed by atoms with Crippen LogP contribution >= 0.6 is 0 Å². The van der Waals surface area contributed by atoms with Crippen LogP contribution in [0.2, 0.25) is 0 Å². The predicted molar refractivity (Wildman–Crippen MR) is 69.5 cm³/mol. The first-order chi connectivity index (χ1) is 8.11. The van der Waals surface area contributed by atoms with E-state index in [0.29, 0.717) is 5.92 Å². The zero-order valence-electron chi connectivity index (χ0n) is 10.7. The number of hydrogen-bond acceptors (Lipinski definition) is 1. The monoisotopic (exact) mass is 235 g/mol. The third kappa shape index (κ3) is 2.68. The Kier molecular flexibility index (Phi) is 3.82. The first-order valence-corrected chi connectivity index (χ1v) is 6.63. The maximum atomic E-state index is 13.4. The lowest BCUT2D eigenvalue weighted by Gasteiger charge is -2.34. The van der Waals surface area contributed by atoms with Crippen molar-refractivity contribution in [2.45, 2.75) is 51.5 Å². The van der Waals surface area contributed by atoms with Crippen LogP contribution in [0.4, 0.5) is 4.39 Å². The molecule has 1 aromatic carbocycles. The van der Waals surface area contributed by atoms with Gasteiger partial charge in [0.2, 0.25) is 0 Å². The topological polar surface area (TPSA) is 26.0 Å². The van der Waals surface area contributed by atoms with Crippen molar-refractivity contribution in [3.05, 3.63) is 35.1 Å². The summed E-state index contributed by atoms with van der Waals surface area (Å²) in [7, 11) is 0. The highest BCUT2D eigenvalue weighted by atomic mass is 19.1. The summed E-state index contributed by atoms with van der Waals surface area (Å²) in [6, 6.07) is 5.27. The summed E-state index contributed by atoms with van der Waals surface area (Å²) in [5, 5.41) is 0. The molecule has 2 N–H and O–H groups in total. The van der Waals surface area contributed by atoms with Crippen LogP contribution in [0, 0.1) is 18.7 Å². The lowest BCUT2D eigenvalue weighted by molar-refractivity contribution is 0.281. The van der Waals surface area contributed by atoms with Gasteiger partial charge in [0.05, 0.1) is 0 Å². The van der Waals surface area contributed by atoms with Gasteiger partial charge in [0, 0.05) is 6.04 Å². The Labute approximate surface area is 103 Å². The van der Waals surface area contributed by atoms with Crippen LogP contribution < -0.4 is 5.73 Å². The third-order valence-electron chi connectivity index (χ3n) is 4.23. The lowest BCUT2D eigenvalue weighted by atomic mass is 9.73. The van der Waals surface area contributed by atoms with E-state index < -0.39 is 0 Å². The summed E-state index contributed by atoms with van der Waals surface area (Å²) >= 11 is 0. The van der Waals surface area contributed by atoms with E-state index in [1.54, 1.807) is 6.07 Å². The average Bonchev–Trinajstić information content (AvgIpc) is 2.33. The minimum atomic E-state index is -0.142. The van der Waals surface area contributed by atoms with Gasteiger partial charge in [-0.05, 0) is 61.3 Å². The van der Waals surface area contributed by atoms with Crippen LogP contribution in [-0.2, 0) is 0 Å². The van der Waals surface area contributed by atoms with E-state index in [1.165, 1.54) is 24.5 Å². The standard InChI is InChI=1S/C15H22FN/c1-3-11-5-7-15(17)14(8-11)13-9-12(16)6-4-10(13)2/h4,6,9,11,14-15H,3,5,7-8,17H2,1-2H3. The maximum Gasteiger partial charge on any atom is 0.123 e. The number of nitrogens with two attached hydrogens (primary N) is 1. The second kappa shape index (κ2) is 5.18. The molecular weight excluding hydrogens is 213 g/mol. The third-order valence-corrected chi connectivity index (χ3v) is 4.23. The van der Waals surface area contributed by atoms with Crippen LogP contribution in [0.25, 0.3) is 0 Å². The molecule has 0 aromatic heterocycles. The number of aryl methyl sites for hydroxylation is 1. The Morgan fingerprint density at radius 3 is 2.82 bits per heavy atom. The van der Waals surface area contributed by atoms with E-state index in [0.717, 1.165) is 24.3 Å². The SMILES string of the molecule is CCC1CCC(N)C(c2cc(F)ccc2C)C1. The molecule has 1 aromatic rings. The van der Waals surface area contributed by atoms with Gasteiger partial charge < -0.3 is 5.73 Å². The Morgan fingerprint density at radius 1 is 1.35 bits per heavy atom. The minimum absolute atomic E-state index is 0.142. The van der Waals surface area contributed by atoms with Crippen molar-refractivity contribution in [1.82, 2.24) is 0 Å². The van der Waals surface area contributed by atoms with E-state index in [9.17, 15) is 4.39 Å². The largest absolute Gasteiger partial charge is 0.327 e. The van der Waals surface area contributed by atoms with Gasteiger partial charge in [-0.25, -0.2) is 4.39 Å². The highest BCUT2D eigenvalue weighted by Gasteiger charge is 2.29. The highest BCUT2D eigenvalue weighted by molar-refractivity contribution is 5.31. The fraction of sp³-hybridized carbons (Fsp3) is 0.600. The van der Waals surface area contributed by atoms with Crippen LogP contribution in [0.5, 0.6) is 0 Å². The van der Waals surface area contributed by atoms with Crippen molar-refractivity contribution < 1.29 is 4.39 Å². The van der Waals surface area contributed by atoms with E-state index in [4.69, 9.17) is 5.73 Å². The number of rotatable bonds is 2. The summed E-state index contributed by atoms with van der Waals surface area (Å²) in [4.78, 5) is 0. The zero-order chi connectivity index (χ0) is 12.4. The Balaban J connectivity index is 2.27. The summed E-state index contributed by atoms with van der Waals surface area (Å²) in [6.07, 6.45) is 4.61. The van der Waals surface area contributed by atoms with Crippen molar-refractivity contribution in [3.8, 4) is 0 Å². The van der Waals surface area contributed by atoms with Crippen LogP contribution in [0.15, 0.2) is 18.2 Å². The fourth-order valence-electron chi connectivity index (χ4n) is 3.02. The molecule has 1 nitrogen and oxygen atoms in total. The van der Waals surface area contributed by atoms with Gasteiger partial charge in [-0.2, -0.15) is 0 Å². The van der Waals surface area contributed by atoms with Gasteiger partial charge in [0.1, 0.15) is 5.82 Å². The molecule has 1 aliphatic rings. The molecule has 0 radical (unpaired) electrons. The van der Waals surface area contributed by atoms with E-state index >= 15 is 0 Å². The van der Waals surface area contributed by atoms with Gasteiger partial charge in [0.25, 0.3) is 0 Å². The van der Waals surface area contributed by atoms with Crippen molar-refractivity contribution in [2.75, 3.05) is 0 Å². The van der Waals surface area contributed by atoms with Crippen LogP contribution in [0.1, 0.15) is 49.7 Å². The zero-order valence-corrected chi connectivity index (χ0v) is 10.7. The minimum Gasteiger partial charge on any atom is -0.327 e. The first kappa shape index (κ1) is 12.6. The second-order valence-corrected chi connectivity index (χ2v) is 5.36. The van der Waals surface area contributed by atoms with Crippen molar-refractivity contribution in [2.24, 2.45) is 11.7 Å². The number of hydrogen-bond donors (Lipinski definition) is 1.